The van der Waals surface area contributed by atoms with E-state index in [1.54, 1.807) is 0 Å². The van der Waals surface area contributed by atoms with E-state index in [9.17, 15) is 0 Å². The van der Waals surface area contributed by atoms with Gasteiger partial charge in [-0.1, -0.05) is 20.3 Å². The van der Waals surface area contributed by atoms with Crippen molar-refractivity contribution in [2.24, 2.45) is 5.41 Å². The average molecular weight is 233 g/mol. The van der Waals surface area contributed by atoms with Gasteiger partial charge >= 0.3 is 0 Å². The molecule has 1 heterocycles. The quantitative estimate of drug-likeness (QED) is 0.849. The van der Waals surface area contributed by atoms with Crippen LogP contribution in [0.3, 0.4) is 0 Å². The summed E-state index contributed by atoms with van der Waals surface area (Å²) in [5, 5.41) is 3.63. The summed E-state index contributed by atoms with van der Waals surface area (Å²) in [5.41, 5.74) is 1.52. The van der Waals surface area contributed by atoms with E-state index in [4.69, 9.17) is 9.47 Å². The van der Waals surface area contributed by atoms with Gasteiger partial charge in [0.25, 0.3) is 0 Å². The van der Waals surface area contributed by atoms with Crippen LogP contribution in [-0.2, 0) is 0 Å². The van der Waals surface area contributed by atoms with Crippen LogP contribution >= 0.6 is 0 Å². The monoisotopic (exact) mass is 233 g/mol. The molecule has 1 fully saturated rings. The summed E-state index contributed by atoms with van der Waals surface area (Å²) < 4.78 is 10.7. The van der Waals surface area contributed by atoms with Gasteiger partial charge in [0.15, 0.2) is 11.5 Å². The minimum Gasteiger partial charge on any atom is -0.454 e. The molecule has 1 unspecified atom stereocenters. The molecule has 1 saturated carbocycles. The van der Waals surface area contributed by atoms with Gasteiger partial charge in [0.05, 0.1) is 0 Å². The lowest BCUT2D eigenvalue weighted by atomic mass is 9.87. The smallest absolute Gasteiger partial charge is 0.231 e. The summed E-state index contributed by atoms with van der Waals surface area (Å²) in [7, 11) is 0. The first-order valence-corrected chi connectivity index (χ1v) is 6.31. The molecular formula is C14H19NO2. The van der Waals surface area contributed by atoms with E-state index in [0.29, 0.717) is 18.2 Å². The van der Waals surface area contributed by atoms with Gasteiger partial charge in [-0.2, -0.15) is 0 Å². The van der Waals surface area contributed by atoms with E-state index in [0.717, 1.165) is 17.2 Å². The fraction of sp³-hybridized carbons (Fsp3) is 0.571. The predicted molar refractivity (Wildman–Crippen MR) is 67.6 cm³/mol. The van der Waals surface area contributed by atoms with Crippen molar-refractivity contribution in [3.05, 3.63) is 18.2 Å². The van der Waals surface area contributed by atoms with Crippen molar-refractivity contribution in [2.45, 2.75) is 39.2 Å². The van der Waals surface area contributed by atoms with Crippen molar-refractivity contribution >= 4 is 5.69 Å². The third-order valence-corrected chi connectivity index (χ3v) is 3.97. The summed E-state index contributed by atoms with van der Waals surface area (Å²) in [4.78, 5) is 0. The van der Waals surface area contributed by atoms with Gasteiger partial charge in [0.2, 0.25) is 6.79 Å². The summed E-state index contributed by atoms with van der Waals surface area (Å²) in [6, 6.07) is 6.65. The summed E-state index contributed by atoms with van der Waals surface area (Å²) in [5.74, 6) is 1.70. The van der Waals surface area contributed by atoms with Gasteiger partial charge in [-0.15, -0.1) is 0 Å². The first-order chi connectivity index (χ1) is 8.15. The third-order valence-electron chi connectivity index (χ3n) is 3.97. The Labute approximate surface area is 102 Å². The van der Waals surface area contributed by atoms with Crippen LogP contribution in [0.1, 0.15) is 33.1 Å². The maximum Gasteiger partial charge on any atom is 0.231 e. The van der Waals surface area contributed by atoms with Crippen LogP contribution in [0, 0.1) is 5.41 Å². The number of rotatable bonds is 2. The van der Waals surface area contributed by atoms with Gasteiger partial charge in [0, 0.05) is 17.8 Å². The molecule has 0 saturated heterocycles. The van der Waals surface area contributed by atoms with Crippen LogP contribution in [0.4, 0.5) is 5.69 Å². The highest BCUT2D eigenvalue weighted by Gasteiger charge is 2.34. The zero-order valence-corrected chi connectivity index (χ0v) is 10.5. The third kappa shape index (κ3) is 1.94. The molecule has 3 nitrogen and oxygen atoms in total. The number of benzene rings is 1. The lowest BCUT2D eigenvalue weighted by Crippen LogP contribution is -2.30. The molecule has 1 aromatic rings. The van der Waals surface area contributed by atoms with Crippen molar-refractivity contribution in [1.82, 2.24) is 0 Å². The van der Waals surface area contributed by atoms with Crippen LogP contribution in [-0.4, -0.2) is 12.8 Å². The van der Waals surface area contributed by atoms with Gasteiger partial charge < -0.3 is 14.8 Å². The predicted octanol–water partition coefficient (Wildman–Crippen LogP) is 3.41. The van der Waals surface area contributed by atoms with Gasteiger partial charge in [-0.05, 0) is 30.4 Å². The highest BCUT2D eigenvalue weighted by atomic mass is 16.7. The first kappa shape index (κ1) is 10.8. The zero-order valence-electron chi connectivity index (χ0n) is 10.5. The Morgan fingerprint density at radius 1 is 1.24 bits per heavy atom. The molecule has 0 spiro atoms. The van der Waals surface area contributed by atoms with Crippen LogP contribution in [0.2, 0.25) is 0 Å². The molecule has 1 N–H and O–H groups in total. The average Bonchev–Trinajstić information content (AvgIpc) is 2.85. The Morgan fingerprint density at radius 3 is 2.82 bits per heavy atom. The number of hydrogen-bond acceptors (Lipinski definition) is 3. The molecule has 0 amide bonds. The van der Waals surface area contributed by atoms with Crippen molar-refractivity contribution in [3.8, 4) is 11.5 Å². The van der Waals surface area contributed by atoms with Crippen LogP contribution in [0.15, 0.2) is 18.2 Å². The maximum atomic E-state index is 5.39. The van der Waals surface area contributed by atoms with Crippen LogP contribution < -0.4 is 14.8 Å². The molecule has 17 heavy (non-hydrogen) atoms. The number of ether oxygens (including phenoxy) is 2. The van der Waals surface area contributed by atoms with Gasteiger partial charge in [-0.3, -0.25) is 0 Å². The van der Waals surface area contributed by atoms with E-state index in [-0.39, 0.29) is 0 Å². The second-order valence-corrected chi connectivity index (χ2v) is 5.65. The minimum absolute atomic E-state index is 0.341. The Bertz CT molecular complexity index is 428. The Hall–Kier alpha value is -1.38. The summed E-state index contributed by atoms with van der Waals surface area (Å²) >= 11 is 0. The topological polar surface area (TPSA) is 30.5 Å². The molecule has 0 bridgehead atoms. The second kappa shape index (κ2) is 3.83. The van der Waals surface area contributed by atoms with E-state index in [1.165, 1.54) is 19.3 Å². The molecule has 92 valence electrons. The van der Waals surface area contributed by atoms with E-state index in [1.807, 2.05) is 12.1 Å². The van der Waals surface area contributed by atoms with Crippen molar-refractivity contribution < 1.29 is 9.47 Å². The molecular weight excluding hydrogens is 214 g/mol. The highest BCUT2D eigenvalue weighted by Crippen LogP contribution is 2.40. The molecule has 3 heteroatoms. The van der Waals surface area contributed by atoms with Gasteiger partial charge in [-0.25, -0.2) is 0 Å². The van der Waals surface area contributed by atoms with Crippen LogP contribution in [0.25, 0.3) is 0 Å². The van der Waals surface area contributed by atoms with Crippen molar-refractivity contribution in [1.29, 1.82) is 0 Å². The van der Waals surface area contributed by atoms with E-state index < -0.39 is 0 Å². The molecule has 1 aliphatic heterocycles. The molecule has 3 rings (SSSR count). The lowest BCUT2D eigenvalue weighted by Gasteiger charge is -2.28. The molecule has 0 radical (unpaired) electrons. The summed E-state index contributed by atoms with van der Waals surface area (Å²) in [6.45, 7) is 5.02. The van der Waals surface area contributed by atoms with Crippen LogP contribution in [0.5, 0.6) is 11.5 Å². The Kier molecular flexibility index (Phi) is 2.42. The zero-order chi connectivity index (χ0) is 11.9. The minimum atomic E-state index is 0.341. The number of hydrogen-bond donors (Lipinski definition) is 1. The molecule has 1 aliphatic carbocycles. The largest absolute Gasteiger partial charge is 0.454 e. The summed E-state index contributed by atoms with van der Waals surface area (Å²) in [6.07, 6.45) is 3.87. The molecule has 1 atom stereocenters. The Balaban J connectivity index is 1.77. The highest BCUT2D eigenvalue weighted by molar-refractivity contribution is 5.56. The maximum absolute atomic E-state index is 5.39. The standard InChI is InChI=1S/C14H19NO2/c1-14(2)7-3-4-13(14)15-10-5-6-11-12(8-10)17-9-16-11/h5-6,8,13,15H,3-4,7,9H2,1-2H3. The fourth-order valence-corrected chi connectivity index (χ4v) is 2.78. The van der Waals surface area contributed by atoms with E-state index >= 15 is 0 Å². The molecule has 1 aromatic carbocycles. The van der Waals surface area contributed by atoms with E-state index in [2.05, 4.69) is 25.2 Å². The second-order valence-electron chi connectivity index (χ2n) is 5.65. The molecule has 0 aromatic heterocycles. The van der Waals surface area contributed by atoms with Crippen molar-refractivity contribution in [2.75, 3.05) is 12.1 Å². The number of anilines is 1. The Morgan fingerprint density at radius 2 is 2.06 bits per heavy atom. The SMILES string of the molecule is CC1(C)CCCC1Nc1ccc2c(c1)OCO2. The normalized spacial score (nSPS) is 24.9. The van der Waals surface area contributed by atoms with Crippen molar-refractivity contribution in [3.63, 3.8) is 0 Å². The lowest BCUT2D eigenvalue weighted by molar-refractivity contribution is 0.174. The first-order valence-electron chi connectivity index (χ1n) is 6.31. The number of fused-ring (bicyclic) bond motifs is 1. The van der Waals surface area contributed by atoms with Gasteiger partial charge in [0.1, 0.15) is 0 Å². The molecule has 2 aliphatic rings. The fourth-order valence-electron chi connectivity index (χ4n) is 2.78. The number of nitrogens with one attached hydrogen (secondary N) is 1.